The fraction of sp³-hybridized carbons (Fsp3) is 0.263. The van der Waals surface area contributed by atoms with E-state index in [-0.39, 0.29) is 18.3 Å². The van der Waals surface area contributed by atoms with Gasteiger partial charge in [-0.1, -0.05) is 10.3 Å². The zero-order valence-electron chi connectivity index (χ0n) is 15.5. The van der Waals surface area contributed by atoms with Crippen LogP contribution in [0, 0.1) is 11.6 Å². The quantitative estimate of drug-likeness (QED) is 0.300. The van der Waals surface area contributed by atoms with E-state index >= 15 is 0 Å². The van der Waals surface area contributed by atoms with Crippen molar-refractivity contribution in [2.24, 2.45) is 10.3 Å². The van der Waals surface area contributed by atoms with Gasteiger partial charge in [-0.2, -0.15) is 0 Å². The zero-order valence-corrected chi connectivity index (χ0v) is 15.5. The van der Waals surface area contributed by atoms with Crippen LogP contribution in [-0.4, -0.2) is 32.4 Å². The number of oxime groups is 2. The highest BCUT2D eigenvalue weighted by molar-refractivity contribution is 5.98. The lowest BCUT2D eigenvalue weighted by atomic mass is 10.1. The standard InChI is InChI=1S/C19H20F2N2O4/c1-12(14-5-7-18(24-3)16(20)9-14)22-26-11-27-23-13(2)15-6-8-19(25-4)17(21)10-15/h5-10H,11H2,1-4H3/b22-12-,23-13+. The minimum Gasteiger partial charge on any atom is -0.494 e. The van der Waals surface area contributed by atoms with Crippen LogP contribution in [0.1, 0.15) is 25.0 Å². The van der Waals surface area contributed by atoms with Crippen molar-refractivity contribution in [3.8, 4) is 11.5 Å². The van der Waals surface area contributed by atoms with Gasteiger partial charge in [0.15, 0.2) is 23.1 Å². The van der Waals surface area contributed by atoms with E-state index in [1.165, 1.54) is 38.5 Å². The van der Waals surface area contributed by atoms with E-state index in [1.807, 2.05) is 0 Å². The molecule has 27 heavy (non-hydrogen) atoms. The number of benzene rings is 2. The maximum atomic E-state index is 13.7. The summed E-state index contributed by atoms with van der Waals surface area (Å²) in [5.41, 5.74) is 2.00. The van der Waals surface area contributed by atoms with Crippen LogP contribution in [0.3, 0.4) is 0 Å². The Morgan fingerprint density at radius 3 is 1.52 bits per heavy atom. The van der Waals surface area contributed by atoms with E-state index in [1.54, 1.807) is 26.0 Å². The molecule has 0 aliphatic carbocycles. The summed E-state index contributed by atoms with van der Waals surface area (Å²) in [5.74, 6) is -0.688. The van der Waals surface area contributed by atoms with Crippen molar-refractivity contribution in [3.63, 3.8) is 0 Å². The highest BCUT2D eigenvalue weighted by atomic mass is 19.1. The van der Waals surface area contributed by atoms with Crippen molar-refractivity contribution in [2.75, 3.05) is 21.0 Å². The lowest BCUT2D eigenvalue weighted by molar-refractivity contribution is -0.0505. The van der Waals surface area contributed by atoms with Crippen molar-refractivity contribution < 1.29 is 27.9 Å². The second kappa shape index (κ2) is 9.51. The third-order valence-electron chi connectivity index (χ3n) is 3.65. The zero-order chi connectivity index (χ0) is 19.8. The first kappa shape index (κ1) is 20.2. The highest BCUT2D eigenvalue weighted by Gasteiger charge is 2.07. The molecule has 0 N–H and O–H groups in total. The van der Waals surface area contributed by atoms with Gasteiger partial charge in [-0.15, -0.1) is 0 Å². The van der Waals surface area contributed by atoms with E-state index in [9.17, 15) is 8.78 Å². The molecule has 0 aliphatic rings. The number of halogens is 2. The minimum atomic E-state index is -0.493. The van der Waals surface area contributed by atoms with Crippen LogP contribution in [0.4, 0.5) is 8.78 Å². The molecule has 0 aliphatic heterocycles. The van der Waals surface area contributed by atoms with Crippen molar-refractivity contribution in [3.05, 3.63) is 59.2 Å². The summed E-state index contributed by atoms with van der Waals surface area (Å²) in [4.78, 5) is 10.0. The average molecular weight is 378 g/mol. The van der Waals surface area contributed by atoms with Gasteiger partial charge in [0.1, 0.15) is 0 Å². The molecule has 0 aromatic heterocycles. The Morgan fingerprint density at radius 2 is 1.19 bits per heavy atom. The second-order valence-electron chi connectivity index (χ2n) is 5.43. The molecule has 2 rings (SSSR count). The molecule has 0 saturated heterocycles. The molecule has 8 heteroatoms. The van der Waals surface area contributed by atoms with E-state index in [4.69, 9.17) is 19.1 Å². The Morgan fingerprint density at radius 1 is 0.778 bits per heavy atom. The Bertz CT molecular complexity index is 784. The smallest absolute Gasteiger partial charge is 0.280 e. The molecule has 2 aromatic carbocycles. The molecule has 144 valence electrons. The average Bonchev–Trinajstić information content (AvgIpc) is 2.67. The molecule has 0 radical (unpaired) electrons. The number of rotatable bonds is 8. The van der Waals surface area contributed by atoms with Crippen LogP contribution < -0.4 is 9.47 Å². The van der Waals surface area contributed by atoms with Gasteiger partial charge in [0.2, 0.25) is 0 Å². The van der Waals surface area contributed by atoms with Crippen LogP contribution in [0.15, 0.2) is 46.7 Å². The molecule has 0 unspecified atom stereocenters. The molecule has 0 saturated carbocycles. The molecule has 0 spiro atoms. The molecule has 0 bridgehead atoms. The fourth-order valence-corrected chi connectivity index (χ4v) is 2.16. The second-order valence-corrected chi connectivity index (χ2v) is 5.43. The lowest BCUT2D eigenvalue weighted by Gasteiger charge is -2.06. The normalized spacial score (nSPS) is 11.9. The van der Waals surface area contributed by atoms with Crippen LogP contribution in [0.2, 0.25) is 0 Å². The van der Waals surface area contributed by atoms with Gasteiger partial charge in [-0.05, 0) is 50.2 Å². The summed E-state index contributed by atoms with van der Waals surface area (Å²) in [7, 11) is 2.78. The molecular weight excluding hydrogens is 358 g/mol. The van der Waals surface area contributed by atoms with E-state index in [0.717, 1.165) is 0 Å². The molecule has 0 amide bonds. The van der Waals surface area contributed by atoms with Gasteiger partial charge in [0.05, 0.1) is 25.6 Å². The van der Waals surface area contributed by atoms with E-state index in [0.29, 0.717) is 22.6 Å². The summed E-state index contributed by atoms with van der Waals surface area (Å²) >= 11 is 0. The van der Waals surface area contributed by atoms with Gasteiger partial charge in [-0.3, -0.25) is 0 Å². The number of nitrogens with zero attached hydrogens (tertiary/aromatic N) is 2. The maximum absolute atomic E-state index is 13.7. The van der Waals surface area contributed by atoms with Crippen molar-refractivity contribution >= 4 is 11.4 Å². The van der Waals surface area contributed by atoms with Gasteiger partial charge in [-0.25, -0.2) is 8.78 Å². The van der Waals surface area contributed by atoms with Crippen LogP contribution in [0.25, 0.3) is 0 Å². The van der Waals surface area contributed by atoms with Crippen molar-refractivity contribution in [1.82, 2.24) is 0 Å². The lowest BCUT2D eigenvalue weighted by Crippen LogP contribution is -2.02. The summed E-state index contributed by atoms with van der Waals surface area (Å²) in [6, 6.07) is 8.91. The predicted octanol–water partition coefficient (Wildman–Crippen LogP) is 4.12. The first-order valence-electron chi connectivity index (χ1n) is 7.97. The van der Waals surface area contributed by atoms with Crippen LogP contribution >= 0.6 is 0 Å². The Labute approximate surface area is 156 Å². The van der Waals surface area contributed by atoms with E-state index in [2.05, 4.69) is 10.3 Å². The summed E-state index contributed by atoms with van der Waals surface area (Å²) in [6.07, 6.45) is 0. The molecule has 0 heterocycles. The third-order valence-corrected chi connectivity index (χ3v) is 3.65. The molecule has 2 aromatic rings. The van der Waals surface area contributed by atoms with Crippen LogP contribution in [0.5, 0.6) is 11.5 Å². The number of hydrogen-bond acceptors (Lipinski definition) is 6. The van der Waals surface area contributed by atoms with Crippen molar-refractivity contribution in [2.45, 2.75) is 13.8 Å². The third kappa shape index (κ3) is 5.40. The number of ether oxygens (including phenoxy) is 2. The number of hydrogen-bond donors (Lipinski definition) is 0. The topological polar surface area (TPSA) is 61.6 Å². The SMILES string of the molecule is COc1ccc(/C(C)=N\OCO/N=C(\C)c2ccc(OC)c(F)c2)cc1F. The summed E-state index contributed by atoms with van der Waals surface area (Å²) < 4.78 is 37.1. The van der Waals surface area contributed by atoms with Gasteiger partial charge in [0.25, 0.3) is 6.79 Å². The van der Waals surface area contributed by atoms with E-state index < -0.39 is 11.6 Å². The fourth-order valence-electron chi connectivity index (χ4n) is 2.16. The Balaban J connectivity index is 1.90. The predicted molar refractivity (Wildman–Crippen MR) is 97.4 cm³/mol. The molecule has 0 fully saturated rings. The highest BCUT2D eigenvalue weighted by Crippen LogP contribution is 2.19. The Hall–Kier alpha value is -3.16. The first-order valence-corrected chi connectivity index (χ1v) is 7.97. The van der Waals surface area contributed by atoms with Crippen molar-refractivity contribution in [1.29, 1.82) is 0 Å². The summed E-state index contributed by atoms with van der Waals surface area (Å²) in [5, 5.41) is 7.67. The first-order chi connectivity index (χ1) is 13.0. The van der Waals surface area contributed by atoms with Crippen LogP contribution in [-0.2, 0) is 9.68 Å². The summed E-state index contributed by atoms with van der Waals surface area (Å²) in [6.45, 7) is 3.07. The molecule has 0 atom stereocenters. The Kier molecular flexibility index (Phi) is 7.10. The van der Waals surface area contributed by atoms with Gasteiger partial charge in [0, 0.05) is 11.1 Å². The number of methoxy groups -OCH3 is 2. The molecular formula is C19H20F2N2O4. The monoisotopic (exact) mass is 378 g/mol. The van der Waals surface area contributed by atoms with Gasteiger partial charge < -0.3 is 19.1 Å². The van der Waals surface area contributed by atoms with Gasteiger partial charge >= 0.3 is 0 Å². The maximum Gasteiger partial charge on any atom is 0.280 e. The largest absolute Gasteiger partial charge is 0.494 e. The minimum absolute atomic E-state index is 0.149. The molecule has 6 nitrogen and oxygen atoms in total.